The molecule has 1 N–H and O–H groups in total. The van der Waals surface area contributed by atoms with E-state index >= 15 is 0 Å². The molecular weight excluding hydrogens is 302 g/mol. The minimum atomic E-state index is 0.690. The van der Waals surface area contributed by atoms with E-state index in [2.05, 4.69) is 38.2 Å². The first kappa shape index (κ1) is 13.1. The molecule has 3 nitrogen and oxygen atoms in total. The van der Waals surface area contributed by atoms with Crippen LogP contribution in [0.15, 0.2) is 16.7 Å². The smallest absolute Gasteiger partial charge is 0.147 e. The van der Waals surface area contributed by atoms with Crippen LogP contribution in [-0.2, 0) is 0 Å². The lowest BCUT2D eigenvalue weighted by Crippen LogP contribution is -2.37. The maximum Gasteiger partial charge on any atom is 0.147 e. The summed E-state index contributed by atoms with van der Waals surface area (Å²) < 4.78 is 0.916. The van der Waals surface area contributed by atoms with Gasteiger partial charge in [-0.15, -0.1) is 0 Å². The molecule has 5 heteroatoms. The minimum Gasteiger partial charge on any atom is -0.358 e. The molecule has 17 heavy (non-hydrogen) atoms. The fraction of sp³-hybridized carbons (Fsp3) is 0.583. The molecule has 0 bridgehead atoms. The van der Waals surface area contributed by atoms with Gasteiger partial charge in [0.15, 0.2) is 0 Å². The van der Waals surface area contributed by atoms with Crippen molar-refractivity contribution in [3.63, 3.8) is 0 Å². The Kier molecular flexibility index (Phi) is 4.65. The topological polar surface area (TPSA) is 28.2 Å². The summed E-state index contributed by atoms with van der Waals surface area (Å²) in [5, 5.41) is 4.13. The minimum absolute atomic E-state index is 0.690. The highest BCUT2D eigenvalue weighted by Gasteiger charge is 2.17. The lowest BCUT2D eigenvalue weighted by Gasteiger charge is -2.28. The largest absolute Gasteiger partial charge is 0.358 e. The Morgan fingerprint density at radius 1 is 1.65 bits per heavy atom. The van der Waals surface area contributed by atoms with Crippen LogP contribution in [0.1, 0.15) is 12.8 Å². The molecule has 1 aromatic rings. The predicted molar refractivity (Wildman–Crippen MR) is 75.8 cm³/mol. The first-order valence-electron chi connectivity index (χ1n) is 5.89. The zero-order valence-electron chi connectivity index (χ0n) is 9.92. The van der Waals surface area contributed by atoms with E-state index in [-0.39, 0.29) is 0 Å². The van der Waals surface area contributed by atoms with Crippen LogP contribution in [0, 0.1) is 5.92 Å². The van der Waals surface area contributed by atoms with Gasteiger partial charge in [-0.3, -0.25) is 0 Å². The highest BCUT2D eigenvalue weighted by Crippen LogP contribution is 2.26. The Morgan fingerprint density at radius 2 is 2.47 bits per heavy atom. The first-order valence-corrected chi connectivity index (χ1v) is 7.07. The van der Waals surface area contributed by atoms with Crippen LogP contribution in [0.2, 0.25) is 5.02 Å². The van der Waals surface area contributed by atoms with Gasteiger partial charge in [0, 0.05) is 24.3 Å². The van der Waals surface area contributed by atoms with Gasteiger partial charge >= 0.3 is 0 Å². The second kappa shape index (κ2) is 6.03. The summed E-state index contributed by atoms with van der Waals surface area (Å²) in [4.78, 5) is 6.52. The van der Waals surface area contributed by atoms with Crippen molar-refractivity contribution >= 4 is 33.3 Å². The molecule has 0 aliphatic carbocycles. The summed E-state index contributed by atoms with van der Waals surface area (Å²) in [6.07, 6.45) is 4.34. The summed E-state index contributed by atoms with van der Waals surface area (Å²) in [5.74, 6) is 1.55. The number of hydrogen-bond donors (Lipinski definition) is 1. The fourth-order valence-electron chi connectivity index (χ4n) is 2.24. The molecule has 1 saturated heterocycles. The Morgan fingerprint density at radius 3 is 3.12 bits per heavy atom. The van der Waals surface area contributed by atoms with E-state index in [4.69, 9.17) is 11.6 Å². The second-order valence-electron chi connectivity index (χ2n) is 4.55. The summed E-state index contributed by atoms with van der Waals surface area (Å²) in [6, 6.07) is 1.89. The summed E-state index contributed by atoms with van der Waals surface area (Å²) in [7, 11) is 2.05. The molecular formula is C12H17BrClN3. The Labute approximate surface area is 116 Å². The van der Waals surface area contributed by atoms with E-state index in [1.807, 2.05) is 6.07 Å². The van der Waals surface area contributed by atoms with Crippen molar-refractivity contribution in [3.8, 4) is 0 Å². The van der Waals surface area contributed by atoms with Gasteiger partial charge < -0.3 is 10.2 Å². The normalized spacial score (nSPS) is 20.3. The summed E-state index contributed by atoms with van der Waals surface area (Å²) >= 11 is 9.56. The van der Waals surface area contributed by atoms with Gasteiger partial charge in [0.2, 0.25) is 0 Å². The third-order valence-corrected chi connectivity index (χ3v) is 3.79. The standard InChI is InChI=1S/C12H17BrClN3/c1-17(8-9-3-2-4-15-6-9)12-11(14)5-10(13)7-16-12/h5,7,9,15H,2-4,6,8H2,1H3. The van der Waals surface area contributed by atoms with Gasteiger partial charge in [0.1, 0.15) is 5.82 Å². The summed E-state index contributed by atoms with van der Waals surface area (Å²) in [6.45, 7) is 3.25. The van der Waals surface area contributed by atoms with E-state index in [1.165, 1.54) is 12.8 Å². The zero-order chi connectivity index (χ0) is 12.3. The van der Waals surface area contributed by atoms with Crippen molar-refractivity contribution < 1.29 is 0 Å². The van der Waals surface area contributed by atoms with Crippen LogP contribution in [0.5, 0.6) is 0 Å². The van der Waals surface area contributed by atoms with Crippen LogP contribution in [0.4, 0.5) is 5.82 Å². The average molecular weight is 319 g/mol. The molecule has 94 valence electrons. The number of halogens is 2. The third kappa shape index (κ3) is 3.57. The molecule has 2 rings (SSSR count). The first-order chi connectivity index (χ1) is 8.16. The molecule has 1 aliphatic heterocycles. The molecule has 1 fully saturated rings. The summed E-state index contributed by atoms with van der Waals surface area (Å²) in [5.41, 5.74) is 0. The SMILES string of the molecule is CN(CC1CCCNC1)c1ncc(Br)cc1Cl. The van der Waals surface area contributed by atoms with Crippen molar-refractivity contribution in [2.75, 3.05) is 31.6 Å². The van der Waals surface area contributed by atoms with Crippen LogP contribution >= 0.6 is 27.5 Å². The van der Waals surface area contributed by atoms with Gasteiger partial charge in [0.05, 0.1) is 5.02 Å². The number of nitrogens with one attached hydrogen (secondary N) is 1. The average Bonchev–Trinajstić information content (AvgIpc) is 2.30. The predicted octanol–water partition coefficient (Wildman–Crippen LogP) is 2.93. The third-order valence-electron chi connectivity index (χ3n) is 3.08. The van der Waals surface area contributed by atoms with E-state index in [9.17, 15) is 0 Å². The monoisotopic (exact) mass is 317 g/mol. The Balaban J connectivity index is 2.00. The van der Waals surface area contributed by atoms with E-state index < -0.39 is 0 Å². The van der Waals surface area contributed by atoms with Crippen molar-refractivity contribution in [2.45, 2.75) is 12.8 Å². The fourth-order valence-corrected chi connectivity index (χ4v) is 3.02. The number of hydrogen-bond acceptors (Lipinski definition) is 3. The number of piperidine rings is 1. The number of aromatic nitrogens is 1. The van der Waals surface area contributed by atoms with E-state index in [0.29, 0.717) is 10.9 Å². The van der Waals surface area contributed by atoms with Crippen LogP contribution < -0.4 is 10.2 Å². The lowest BCUT2D eigenvalue weighted by molar-refractivity contribution is 0.380. The van der Waals surface area contributed by atoms with Gasteiger partial charge in [-0.1, -0.05) is 11.6 Å². The van der Waals surface area contributed by atoms with Gasteiger partial charge in [-0.2, -0.15) is 0 Å². The van der Waals surface area contributed by atoms with Crippen molar-refractivity contribution in [1.29, 1.82) is 0 Å². The van der Waals surface area contributed by atoms with Crippen molar-refractivity contribution in [2.24, 2.45) is 5.92 Å². The van der Waals surface area contributed by atoms with Crippen LogP contribution in [0.25, 0.3) is 0 Å². The van der Waals surface area contributed by atoms with Crippen molar-refractivity contribution in [1.82, 2.24) is 10.3 Å². The van der Waals surface area contributed by atoms with E-state index in [1.54, 1.807) is 6.20 Å². The second-order valence-corrected chi connectivity index (χ2v) is 5.87. The Hall–Kier alpha value is -0.320. The molecule has 1 unspecified atom stereocenters. The molecule has 0 aromatic carbocycles. The highest BCUT2D eigenvalue weighted by atomic mass is 79.9. The van der Waals surface area contributed by atoms with Gasteiger partial charge in [-0.25, -0.2) is 4.98 Å². The number of anilines is 1. The number of pyridine rings is 1. The molecule has 1 aromatic heterocycles. The maximum atomic E-state index is 6.19. The van der Waals surface area contributed by atoms with Crippen LogP contribution in [-0.4, -0.2) is 31.7 Å². The lowest BCUT2D eigenvalue weighted by atomic mass is 9.99. The zero-order valence-corrected chi connectivity index (χ0v) is 12.3. The molecule has 1 atom stereocenters. The Bertz CT molecular complexity index is 380. The number of nitrogens with zero attached hydrogens (tertiary/aromatic N) is 2. The quantitative estimate of drug-likeness (QED) is 0.929. The van der Waals surface area contributed by atoms with E-state index in [0.717, 1.165) is 29.9 Å². The number of rotatable bonds is 3. The van der Waals surface area contributed by atoms with Gasteiger partial charge in [-0.05, 0) is 53.8 Å². The molecule has 2 heterocycles. The molecule has 0 spiro atoms. The molecule has 0 radical (unpaired) electrons. The maximum absolute atomic E-state index is 6.19. The molecule has 0 saturated carbocycles. The highest BCUT2D eigenvalue weighted by molar-refractivity contribution is 9.10. The van der Waals surface area contributed by atoms with Crippen LogP contribution in [0.3, 0.4) is 0 Å². The molecule has 1 aliphatic rings. The van der Waals surface area contributed by atoms with Gasteiger partial charge in [0.25, 0.3) is 0 Å². The molecule has 0 amide bonds. The van der Waals surface area contributed by atoms with Crippen molar-refractivity contribution in [3.05, 3.63) is 21.8 Å².